The van der Waals surface area contributed by atoms with Crippen LogP contribution in [0.1, 0.15) is 15.1 Å². The molecular weight excluding hydrogens is 558 g/mol. The van der Waals surface area contributed by atoms with E-state index in [1.807, 2.05) is 54.6 Å². The van der Waals surface area contributed by atoms with Gasteiger partial charge in [-0.1, -0.05) is 133 Å². The standard InChI is InChI=1S/C44H29NO/c1-2-12-30(13-3-1)31-24-26-35(27-25-31)45(40-22-10-17-32-14-6-7-18-36(32)40)41-21-9-8-19-37(41)38-20-11-23-42-44(38)39-28-33-15-4-5-16-34(33)29-43(39)46-42/h1-29H/i6D,7D,10D,14D,17D,18D,22D,24D,25D,26D,27D. The maximum absolute atomic E-state index is 9.52. The van der Waals surface area contributed by atoms with Crippen LogP contribution in [-0.2, 0) is 0 Å². The summed E-state index contributed by atoms with van der Waals surface area (Å²) in [7, 11) is 0. The number of fused-ring (bicyclic) bond motifs is 5. The van der Waals surface area contributed by atoms with Gasteiger partial charge in [0, 0.05) is 27.4 Å². The summed E-state index contributed by atoms with van der Waals surface area (Å²) in [5.41, 5.74) is 2.48. The fourth-order valence-electron chi connectivity index (χ4n) is 6.12. The molecule has 0 aliphatic heterocycles. The Morgan fingerprint density at radius 1 is 0.457 bits per heavy atom. The minimum atomic E-state index is -0.643. The van der Waals surface area contributed by atoms with E-state index in [0.717, 1.165) is 21.5 Å². The SMILES string of the molecule is [2H]c1c([2H])c(N(c2ccccc2-c2cccc3oc4cc5ccccc5cc4c23)c2c([2H])c([2H])c([2H])c3c([2H])c([2H])c([2H])c([2H])c23)c([2H])c([2H])c1-c1ccccc1. The summed E-state index contributed by atoms with van der Waals surface area (Å²) in [5.74, 6) is 0. The van der Waals surface area contributed by atoms with Crippen molar-refractivity contribution in [2.45, 2.75) is 0 Å². The van der Waals surface area contributed by atoms with Crippen molar-refractivity contribution in [1.29, 1.82) is 0 Å². The van der Waals surface area contributed by atoms with Crippen molar-refractivity contribution in [3.8, 4) is 22.3 Å². The molecule has 0 saturated carbocycles. The van der Waals surface area contributed by atoms with Crippen molar-refractivity contribution in [2.24, 2.45) is 0 Å². The van der Waals surface area contributed by atoms with E-state index in [1.54, 1.807) is 54.6 Å². The highest BCUT2D eigenvalue weighted by atomic mass is 16.3. The summed E-state index contributed by atoms with van der Waals surface area (Å²) >= 11 is 0. The molecule has 2 nitrogen and oxygen atoms in total. The lowest BCUT2D eigenvalue weighted by atomic mass is 9.95. The normalized spacial score (nSPS) is 14.8. The van der Waals surface area contributed by atoms with Crippen LogP contribution in [0.3, 0.4) is 0 Å². The van der Waals surface area contributed by atoms with Crippen LogP contribution in [0.15, 0.2) is 180 Å². The number of hydrogen-bond acceptors (Lipinski definition) is 2. The van der Waals surface area contributed by atoms with Gasteiger partial charge in [0.2, 0.25) is 0 Å². The molecule has 0 N–H and O–H groups in total. The average molecular weight is 599 g/mol. The predicted octanol–water partition coefficient (Wildman–Crippen LogP) is 12.7. The molecule has 0 aliphatic carbocycles. The second kappa shape index (κ2) is 10.8. The number of anilines is 3. The predicted molar refractivity (Wildman–Crippen MR) is 194 cm³/mol. The molecule has 9 rings (SSSR count). The number of nitrogens with zero attached hydrogens (tertiary/aromatic N) is 1. The highest BCUT2D eigenvalue weighted by Gasteiger charge is 2.21. The summed E-state index contributed by atoms with van der Waals surface area (Å²) in [4.78, 5) is 1.30. The van der Waals surface area contributed by atoms with Crippen molar-refractivity contribution in [3.63, 3.8) is 0 Å². The van der Waals surface area contributed by atoms with E-state index >= 15 is 0 Å². The molecule has 0 unspecified atom stereocenters. The molecule has 0 amide bonds. The van der Waals surface area contributed by atoms with Crippen LogP contribution >= 0.6 is 0 Å². The molecule has 0 bridgehead atoms. The third-order valence-corrected chi connectivity index (χ3v) is 8.21. The molecule has 0 saturated heterocycles. The van der Waals surface area contributed by atoms with Gasteiger partial charge in [0.15, 0.2) is 0 Å². The summed E-state index contributed by atoms with van der Waals surface area (Å²) in [6, 6.07) is 27.0. The molecule has 0 radical (unpaired) electrons. The Morgan fingerprint density at radius 3 is 2.04 bits per heavy atom. The summed E-state index contributed by atoms with van der Waals surface area (Å²) in [6.07, 6.45) is 0. The second-order valence-electron chi connectivity index (χ2n) is 10.9. The monoisotopic (exact) mass is 598 g/mol. The second-order valence-corrected chi connectivity index (χ2v) is 10.9. The first-order valence-corrected chi connectivity index (χ1v) is 14.8. The minimum Gasteiger partial charge on any atom is -0.456 e. The lowest BCUT2D eigenvalue weighted by Crippen LogP contribution is -2.11. The maximum Gasteiger partial charge on any atom is 0.136 e. The van der Waals surface area contributed by atoms with Gasteiger partial charge in [0.05, 0.1) is 26.5 Å². The zero-order valence-corrected chi connectivity index (χ0v) is 24.2. The van der Waals surface area contributed by atoms with E-state index in [-0.39, 0.29) is 45.5 Å². The third-order valence-electron chi connectivity index (χ3n) is 8.21. The molecule has 1 heterocycles. The number of benzene rings is 8. The first kappa shape index (κ1) is 17.4. The number of rotatable bonds is 5. The molecule has 9 aromatic rings. The van der Waals surface area contributed by atoms with E-state index in [9.17, 15) is 6.85 Å². The zero-order valence-electron chi connectivity index (χ0n) is 35.2. The Balaban J connectivity index is 1.45. The van der Waals surface area contributed by atoms with Gasteiger partial charge in [-0.2, -0.15) is 0 Å². The van der Waals surface area contributed by atoms with Crippen molar-refractivity contribution in [1.82, 2.24) is 0 Å². The quantitative estimate of drug-likeness (QED) is 0.196. The summed E-state index contributed by atoms with van der Waals surface area (Å²) in [6.45, 7) is 0. The van der Waals surface area contributed by atoms with Crippen molar-refractivity contribution in [3.05, 3.63) is 176 Å². The van der Waals surface area contributed by atoms with Crippen LogP contribution in [0.5, 0.6) is 0 Å². The van der Waals surface area contributed by atoms with E-state index < -0.39 is 54.4 Å². The zero-order chi connectivity index (χ0) is 40.0. The Labute approximate surface area is 282 Å². The molecule has 8 aromatic carbocycles. The molecule has 46 heavy (non-hydrogen) atoms. The fraction of sp³-hybridized carbons (Fsp3) is 0. The van der Waals surface area contributed by atoms with E-state index in [4.69, 9.17) is 12.6 Å². The Hall–Kier alpha value is -6.12. The molecule has 0 spiro atoms. The van der Waals surface area contributed by atoms with E-state index in [2.05, 4.69) is 0 Å². The largest absolute Gasteiger partial charge is 0.456 e. The lowest BCUT2D eigenvalue weighted by Gasteiger charge is -2.29. The van der Waals surface area contributed by atoms with Gasteiger partial charge in [-0.3, -0.25) is 0 Å². The third kappa shape index (κ3) is 4.35. The molecule has 1 aromatic heterocycles. The van der Waals surface area contributed by atoms with Crippen LogP contribution in [-0.4, -0.2) is 0 Å². The lowest BCUT2D eigenvalue weighted by molar-refractivity contribution is 0.669. The Bertz CT molecular complexity index is 3120. The first-order valence-electron chi connectivity index (χ1n) is 20.3. The molecular formula is C44H29NO. The summed E-state index contributed by atoms with van der Waals surface area (Å²) < 4.78 is 106. The topological polar surface area (TPSA) is 16.4 Å². The smallest absolute Gasteiger partial charge is 0.136 e. The number of hydrogen-bond donors (Lipinski definition) is 0. The van der Waals surface area contributed by atoms with Gasteiger partial charge >= 0.3 is 0 Å². The molecule has 216 valence electrons. The van der Waals surface area contributed by atoms with Crippen molar-refractivity contribution in [2.75, 3.05) is 4.90 Å². The van der Waals surface area contributed by atoms with Gasteiger partial charge < -0.3 is 9.32 Å². The number of para-hydroxylation sites is 1. The highest BCUT2D eigenvalue weighted by molar-refractivity contribution is 6.17. The molecule has 0 atom stereocenters. The Morgan fingerprint density at radius 2 is 1.17 bits per heavy atom. The Kier molecular flexibility index (Phi) is 4.08. The first-order chi connectivity index (χ1) is 27.4. The van der Waals surface area contributed by atoms with Gasteiger partial charge in [-0.15, -0.1) is 0 Å². The highest BCUT2D eigenvalue weighted by Crippen LogP contribution is 2.46. The van der Waals surface area contributed by atoms with Gasteiger partial charge in [-0.25, -0.2) is 0 Å². The minimum absolute atomic E-state index is 0.0463. The van der Waals surface area contributed by atoms with Crippen LogP contribution in [0, 0.1) is 0 Å². The fourth-order valence-corrected chi connectivity index (χ4v) is 6.12. The van der Waals surface area contributed by atoms with Gasteiger partial charge in [-0.05, 0) is 75.2 Å². The van der Waals surface area contributed by atoms with Crippen molar-refractivity contribution < 1.29 is 19.5 Å². The van der Waals surface area contributed by atoms with E-state index in [0.29, 0.717) is 27.9 Å². The van der Waals surface area contributed by atoms with Gasteiger partial charge in [0.25, 0.3) is 0 Å². The molecule has 0 fully saturated rings. The number of furan rings is 1. The van der Waals surface area contributed by atoms with Crippen LogP contribution in [0.2, 0.25) is 0 Å². The molecule has 2 heteroatoms. The average Bonchev–Trinajstić information content (AvgIpc) is 3.59. The molecule has 0 aliphatic rings. The van der Waals surface area contributed by atoms with Crippen molar-refractivity contribution >= 4 is 60.5 Å². The van der Waals surface area contributed by atoms with Crippen LogP contribution in [0.4, 0.5) is 17.1 Å². The summed E-state index contributed by atoms with van der Waals surface area (Å²) in [5, 5.41) is 2.94. The van der Waals surface area contributed by atoms with E-state index in [1.165, 1.54) is 4.90 Å². The van der Waals surface area contributed by atoms with Gasteiger partial charge in [0.1, 0.15) is 11.2 Å². The van der Waals surface area contributed by atoms with Crippen LogP contribution in [0.25, 0.3) is 65.7 Å². The maximum atomic E-state index is 9.52. The van der Waals surface area contributed by atoms with Crippen LogP contribution < -0.4 is 4.90 Å².